The molecule has 0 saturated heterocycles. The number of amides is 1. The van der Waals surface area contributed by atoms with E-state index in [1.165, 1.54) is 0 Å². The third-order valence-corrected chi connectivity index (χ3v) is 1.75. The van der Waals surface area contributed by atoms with Gasteiger partial charge in [-0.3, -0.25) is 4.79 Å². The van der Waals surface area contributed by atoms with Crippen LogP contribution in [0.5, 0.6) is 0 Å². The molecule has 1 amide bonds. The summed E-state index contributed by atoms with van der Waals surface area (Å²) in [5.74, 6) is -0.0892. The van der Waals surface area contributed by atoms with Crippen molar-refractivity contribution in [2.24, 2.45) is 0 Å². The van der Waals surface area contributed by atoms with Gasteiger partial charge in [0.05, 0.1) is 18.6 Å². The number of carbonyl (C=O) groups excluding carboxylic acids is 1. The van der Waals surface area contributed by atoms with Crippen LogP contribution in [0.15, 0.2) is 11.6 Å². The van der Waals surface area contributed by atoms with Crippen LogP contribution >= 0.6 is 11.6 Å². The smallest absolute Gasteiger partial charge is 0.223 e. The Bertz CT molecular complexity index is 202. The van der Waals surface area contributed by atoms with Gasteiger partial charge in [-0.2, -0.15) is 0 Å². The molecule has 0 aromatic heterocycles. The summed E-state index contributed by atoms with van der Waals surface area (Å²) in [7, 11) is 1.58. The normalized spacial score (nSPS) is 11.1. The molecule has 0 saturated carbocycles. The molecule has 0 spiro atoms. The molecule has 0 heterocycles. The van der Waals surface area contributed by atoms with Gasteiger partial charge in [0.1, 0.15) is 0 Å². The summed E-state index contributed by atoms with van der Waals surface area (Å²) in [5, 5.41) is 3.04. The van der Waals surface area contributed by atoms with E-state index in [1.807, 2.05) is 13.8 Å². The van der Waals surface area contributed by atoms with Crippen molar-refractivity contribution in [1.82, 2.24) is 5.32 Å². The van der Waals surface area contributed by atoms with E-state index >= 15 is 0 Å². The first-order valence-corrected chi connectivity index (χ1v) is 4.40. The molecule has 13 heavy (non-hydrogen) atoms. The highest BCUT2D eigenvalue weighted by atomic mass is 35.5. The van der Waals surface area contributed by atoms with E-state index in [4.69, 9.17) is 16.3 Å². The van der Waals surface area contributed by atoms with Crippen LogP contribution in [0.1, 0.15) is 20.3 Å². The molecule has 3 nitrogen and oxygen atoms in total. The minimum atomic E-state index is -0.433. The Kier molecular flexibility index (Phi) is 5.03. The highest BCUT2D eigenvalue weighted by molar-refractivity contribution is 6.29. The van der Waals surface area contributed by atoms with Gasteiger partial charge in [-0.15, -0.1) is 0 Å². The standard InChI is InChI=1S/C9H16ClNO2/c1-7(10)6-11-8(12)5-9(2,3)13-4/h1,5-6H2,2-4H3,(H,11,12). The first kappa shape index (κ1) is 12.5. The van der Waals surface area contributed by atoms with Crippen molar-refractivity contribution in [3.63, 3.8) is 0 Å². The van der Waals surface area contributed by atoms with Gasteiger partial charge in [-0.1, -0.05) is 18.2 Å². The van der Waals surface area contributed by atoms with Gasteiger partial charge in [0, 0.05) is 12.1 Å². The predicted octanol–water partition coefficient (Wildman–Crippen LogP) is 1.67. The molecule has 4 heteroatoms. The summed E-state index contributed by atoms with van der Waals surface area (Å²) in [6, 6.07) is 0. The number of halogens is 1. The van der Waals surface area contributed by atoms with Crippen LogP contribution in [0.25, 0.3) is 0 Å². The summed E-state index contributed by atoms with van der Waals surface area (Å²) in [5.41, 5.74) is -0.433. The Morgan fingerprint density at radius 1 is 1.62 bits per heavy atom. The molecule has 0 atom stereocenters. The van der Waals surface area contributed by atoms with E-state index in [0.29, 0.717) is 18.0 Å². The first-order chi connectivity index (χ1) is 5.87. The fourth-order valence-corrected chi connectivity index (χ4v) is 0.783. The van der Waals surface area contributed by atoms with E-state index in [9.17, 15) is 4.79 Å². The van der Waals surface area contributed by atoms with Gasteiger partial charge in [0.2, 0.25) is 5.91 Å². The van der Waals surface area contributed by atoms with E-state index in [-0.39, 0.29) is 5.91 Å². The quantitative estimate of drug-likeness (QED) is 0.742. The maximum absolute atomic E-state index is 11.2. The molecule has 0 rings (SSSR count). The Labute approximate surface area is 84.1 Å². The van der Waals surface area contributed by atoms with Gasteiger partial charge < -0.3 is 10.1 Å². The average molecular weight is 206 g/mol. The molecule has 76 valence electrons. The molecule has 0 fully saturated rings. The Morgan fingerprint density at radius 3 is 2.54 bits per heavy atom. The van der Waals surface area contributed by atoms with Crippen molar-refractivity contribution in [2.45, 2.75) is 25.9 Å². The number of rotatable bonds is 5. The number of hydrogen-bond donors (Lipinski definition) is 1. The van der Waals surface area contributed by atoms with Crippen LogP contribution < -0.4 is 5.32 Å². The lowest BCUT2D eigenvalue weighted by Gasteiger charge is -2.21. The van der Waals surface area contributed by atoms with Gasteiger partial charge >= 0.3 is 0 Å². The predicted molar refractivity (Wildman–Crippen MR) is 53.7 cm³/mol. The number of nitrogens with one attached hydrogen (secondary N) is 1. The molecular formula is C9H16ClNO2. The molecular weight excluding hydrogens is 190 g/mol. The molecule has 0 unspecified atom stereocenters. The fourth-order valence-electron chi connectivity index (χ4n) is 0.716. The van der Waals surface area contributed by atoms with Crippen molar-refractivity contribution >= 4 is 17.5 Å². The van der Waals surface area contributed by atoms with Crippen LogP contribution in [0.3, 0.4) is 0 Å². The largest absolute Gasteiger partial charge is 0.378 e. The van der Waals surface area contributed by atoms with Crippen molar-refractivity contribution in [1.29, 1.82) is 0 Å². The van der Waals surface area contributed by atoms with Gasteiger partial charge in [0.15, 0.2) is 0 Å². The van der Waals surface area contributed by atoms with Crippen molar-refractivity contribution in [2.75, 3.05) is 13.7 Å². The van der Waals surface area contributed by atoms with Gasteiger partial charge in [-0.25, -0.2) is 0 Å². The number of ether oxygens (including phenoxy) is 1. The number of carbonyl (C=O) groups is 1. The lowest BCUT2D eigenvalue weighted by atomic mass is 10.1. The second kappa shape index (κ2) is 5.25. The molecule has 0 aliphatic rings. The van der Waals surface area contributed by atoms with E-state index in [0.717, 1.165) is 0 Å². The molecule has 0 aliphatic heterocycles. The lowest BCUT2D eigenvalue weighted by molar-refractivity contribution is -0.125. The summed E-state index contributed by atoms with van der Waals surface area (Å²) >= 11 is 5.49. The second-order valence-electron chi connectivity index (χ2n) is 3.43. The zero-order valence-electron chi connectivity index (χ0n) is 8.32. The van der Waals surface area contributed by atoms with Gasteiger partial charge in [-0.05, 0) is 13.8 Å². The summed E-state index contributed by atoms with van der Waals surface area (Å²) < 4.78 is 5.10. The van der Waals surface area contributed by atoms with Crippen LogP contribution in [0.2, 0.25) is 0 Å². The van der Waals surface area contributed by atoms with E-state index in [1.54, 1.807) is 7.11 Å². The SMILES string of the molecule is C=C(Cl)CNC(=O)CC(C)(C)OC. The second-order valence-corrected chi connectivity index (χ2v) is 3.97. The molecule has 1 N–H and O–H groups in total. The third kappa shape index (κ3) is 6.61. The van der Waals surface area contributed by atoms with Gasteiger partial charge in [0.25, 0.3) is 0 Å². The monoisotopic (exact) mass is 205 g/mol. The summed E-state index contributed by atoms with van der Waals surface area (Å²) in [6.45, 7) is 7.47. The average Bonchev–Trinajstić information content (AvgIpc) is 2.00. The lowest BCUT2D eigenvalue weighted by Crippen LogP contribution is -2.34. The van der Waals surface area contributed by atoms with Crippen LogP contribution in [0.4, 0.5) is 0 Å². The number of methoxy groups -OCH3 is 1. The minimum absolute atomic E-state index is 0.0892. The topological polar surface area (TPSA) is 38.3 Å². The Balaban J connectivity index is 3.81. The molecule has 0 aliphatic carbocycles. The third-order valence-electron chi connectivity index (χ3n) is 1.62. The van der Waals surface area contributed by atoms with Crippen LogP contribution in [-0.2, 0) is 9.53 Å². The van der Waals surface area contributed by atoms with Crippen LogP contribution in [-0.4, -0.2) is 25.2 Å². The highest BCUT2D eigenvalue weighted by Gasteiger charge is 2.20. The zero-order chi connectivity index (χ0) is 10.5. The maximum Gasteiger partial charge on any atom is 0.223 e. The summed E-state index contributed by atoms with van der Waals surface area (Å²) in [6.07, 6.45) is 0.313. The first-order valence-electron chi connectivity index (χ1n) is 4.02. The number of hydrogen-bond acceptors (Lipinski definition) is 2. The van der Waals surface area contributed by atoms with E-state index < -0.39 is 5.60 Å². The van der Waals surface area contributed by atoms with Crippen molar-refractivity contribution in [3.05, 3.63) is 11.6 Å². The van der Waals surface area contributed by atoms with Crippen molar-refractivity contribution < 1.29 is 9.53 Å². The highest BCUT2D eigenvalue weighted by Crippen LogP contribution is 2.12. The van der Waals surface area contributed by atoms with E-state index in [2.05, 4.69) is 11.9 Å². The minimum Gasteiger partial charge on any atom is -0.378 e. The zero-order valence-corrected chi connectivity index (χ0v) is 9.07. The maximum atomic E-state index is 11.2. The van der Waals surface area contributed by atoms with Crippen LogP contribution in [0, 0.1) is 0 Å². The molecule has 0 bridgehead atoms. The van der Waals surface area contributed by atoms with Crippen molar-refractivity contribution in [3.8, 4) is 0 Å². The molecule has 0 radical (unpaired) electrons. The molecule has 0 aromatic carbocycles. The Morgan fingerprint density at radius 2 is 2.15 bits per heavy atom. The summed E-state index contributed by atoms with van der Waals surface area (Å²) in [4.78, 5) is 11.2. The fraction of sp³-hybridized carbons (Fsp3) is 0.667. The molecule has 0 aromatic rings. The Hall–Kier alpha value is -0.540.